The van der Waals surface area contributed by atoms with Crippen LogP contribution in [0.4, 0.5) is 10.5 Å². The molecule has 22 heavy (non-hydrogen) atoms. The van der Waals surface area contributed by atoms with Crippen molar-refractivity contribution in [3.63, 3.8) is 0 Å². The molecule has 0 fully saturated rings. The fourth-order valence-corrected chi connectivity index (χ4v) is 2.61. The lowest BCUT2D eigenvalue weighted by atomic mass is 10.1. The highest BCUT2D eigenvalue weighted by Crippen LogP contribution is 2.33. The van der Waals surface area contributed by atoms with Crippen LogP contribution in [0.1, 0.15) is 52.2 Å². The molecule has 1 unspecified atom stereocenters. The Morgan fingerprint density at radius 1 is 1.41 bits per heavy atom. The number of hydrogen-bond acceptors (Lipinski definition) is 3. The zero-order valence-electron chi connectivity index (χ0n) is 14.4. The Morgan fingerprint density at radius 2 is 2.14 bits per heavy atom. The van der Waals surface area contributed by atoms with Gasteiger partial charge in [-0.15, -0.1) is 0 Å². The Bertz CT molecular complexity index is 534. The molecule has 4 heteroatoms. The van der Waals surface area contributed by atoms with Gasteiger partial charge in [-0.1, -0.05) is 25.1 Å². The van der Waals surface area contributed by atoms with Gasteiger partial charge >= 0.3 is 6.09 Å². The smallest absolute Gasteiger partial charge is 0.414 e. The number of benzene rings is 1. The van der Waals surface area contributed by atoms with Gasteiger partial charge in [-0.2, -0.15) is 0 Å². The van der Waals surface area contributed by atoms with Gasteiger partial charge in [0, 0.05) is 19.1 Å². The molecule has 1 N–H and O–H groups in total. The molecule has 2 rings (SSSR count). The van der Waals surface area contributed by atoms with E-state index in [-0.39, 0.29) is 6.09 Å². The van der Waals surface area contributed by atoms with E-state index in [0.717, 1.165) is 25.1 Å². The van der Waals surface area contributed by atoms with Crippen LogP contribution in [0.25, 0.3) is 0 Å². The molecule has 1 amide bonds. The topological polar surface area (TPSA) is 41.6 Å². The van der Waals surface area contributed by atoms with E-state index in [0.29, 0.717) is 12.6 Å². The first-order chi connectivity index (χ1) is 10.3. The second-order valence-electron chi connectivity index (χ2n) is 7.00. The van der Waals surface area contributed by atoms with E-state index in [9.17, 15) is 4.79 Å². The van der Waals surface area contributed by atoms with Gasteiger partial charge in [0.25, 0.3) is 0 Å². The predicted octanol–water partition coefficient (Wildman–Crippen LogP) is 3.87. The van der Waals surface area contributed by atoms with Crippen molar-refractivity contribution in [3.05, 3.63) is 29.3 Å². The first kappa shape index (κ1) is 16.8. The fourth-order valence-electron chi connectivity index (χ4n) is 2.61. The maximum atomic E-state index is 12.5. The highest BCUT2D eigenvalue weighted by Gasteiger charge is 2.30. The number of anilines is 1. The number of ether oxygens (including phenoxy) is 1. The Kier molecular flexibility index (Phi) is 5.12. The molecule has 1 aromatic rings. The van der Waals surface area contributed by atoms with E-state index in [4.69, 9.17) is 4.74 Å². The van der Waals surface area contributed by atoms with Crippen LogP contribution in [0.5, 0.6) is 0 Å². The highest BCUT2D eigenvalue weighted by atomic mass is 16.6. The minimum Gasteiger partial charge on any atom is -0.443 e. The summed E-state index contributed by atoms with van der Waals surface area (Å²) in [5.41, 5.74) is 2.96. The van der Waals surface area contributed by atoms with E-state index < -0.39 is 5.60 Å². The summed E-state index contributed by atoms with van der Waals surface area (Å²) in [7, 11) is 0. The Hall–Kier alpha value is -1.55. The lowest BCUT2D eigenvalue weighted by molar-refractivity contribution is 0.0583. The van der Waals surface area contributed by atoms with Crippen molar-refractivity contribution in [2.24, 2.45) is 0 Å². The molecule has 122 valence electrons. The van der Waals surface area contributed by atoms with Crippen LogP contribution in [0.3, 0.4) is 0 Å². The molecule has 1 aliphatic heterocycles. The minimum atomic E-state index is -0.468. The third-order valence-corrected chi connectivity index (χ3v) is 3.95. The van der Waals surface area contributed by atoms with Crippen molar-refractivity contribution in [3.8, 4) is 0 Å². The van der Waals surface area contributed by atoms with Gasteiger partial charge in [-0.3, -0.25) is 4.90 Å². The predicted molar refractivity (Wildman–Crippen MR) is 90.3 cm³/mol. The first-order valence-corrected chi connectivity index (χ1v) is 8.16. The van der Waals surface area contributed by atoms with E-state index in [2.05, 4.69) is 37.4 Å². The molecule has 0 saturated carbocycles. The van der Waals surface area contributed by atoms with Crippen LogP contribution >= 0.6 is 0 Å². The zero-order chi connectivity index (χ0) is 16.3. The number of fused-ring (bicyclic) bond motifs is 1. The number of carbonyl (C=O) groups excluding carboxylic acids is 1. The Balaban J connectivity index is 2.19. The van der Waals surface area contributed by atoms with Crippen molar-refractivity contribution >= 4 is 11.8 Å². The molecule has 0 aliphatic carbocycles. The lowest BCUT2D eigenvalue weighted by Gasteiger charge is -2.26. The van der Waals surface area contributed by atoms with Crippen LogP contribution in [-0.4, -0.2) is 24.3 Å². The van der Waals surface area contributed by atoms with E-state index >= 15 is 0 Å². The third-order valence-electron chi connectivity index (χ3n) is 3.95. The molecule has 0 aromatic heterocycles. The molecular weight excluding hydrogens is 276 g/mol. The largest absolute Gasteiger partial charge is 0.443 e. The number of rotatable bonds is 4. The molecular formula is C18H28N2O2. The Morgan fingerprint density at radius 3 is 2.77 bits per heavy atom. The summed E-state index contributed by atoms with van der Waals surface area (Å²) in [4.78, 5) is 14.2. The van der Waals surface area contributed by atoms with Crippen molar-refractivity contribution in [1.29, 1.82) is 0 Å². The van der Waals surface area contributed by atoms with Gasteiger partial charge in [-0.25, -0.2) is 4.79 Å². The molecule has 1 heterocycles. The number of carbonyl (C=O) groups is 1. The van der Waals surface area contributed by atoms with Crippen molar-refractivity contribution < 1.29 is 9.53 Å². The summed E-state index contributed by atoms with van der Waals surface area (Å²) in [6.45, 7) is 11.5. The summed E-state index contributed by atoms with van der Waals surface area (Å²) in [6, 6.07) is 6.74. The number of amides is 1. The zero-order valence-corrected chi connectivity index (χ0v) is 14.4. The summed E-state index contributed by atoms with van der Waals surface area (Å²) in [5.74, 6) is 0. The van der Waals surface area contributed by atoms with Gasteiger partial charge in [0.15, 0.2) is 0 Å². The molecule has 1 aliphatic rings. The average molecular weight is 304 g/mol. The number of nitrogens with one attached hydrogen (secondary N) is 1. The van der Waals surface area contributed by atoms with Crippen molar-refractivity contribution in [2.45, 2.75) is 65.6 Å². The maximum Gasteiger partial charge on any atom is 0.414 e. The van der Waals surface area contributed by atoms with Crippen LogP contribution in [0, 0.1) is 0 Å². The normalized spacial score (nSPS) is 15.6. The molecule has 0 spiro atoms. The average Bonchev–Trinajstić information content (AvgIpc) is 2.87. The van der Waals surface area contributed by atoms with E-state index in [1.165, 1.54) is 11.1 Å². The monoisotopic (exact) mass is 304 g/mol. The molecule has 4 nitrogen and oxygen atoms in total. The summed E-state index contributed by atoms with van der Waals surface area (Å²) >= 11 is 0. The van der Waals surface area contributed by atoms with Crippen LogP contribution in [-0.2, 0) is 17.7 Å². The van der Waals surface area contributed by atoms with Gasteiger partial charge < -0.3 is 10.1 Å². The van der Waals surface area contributed by atoms with Gasteiger partial charge in [0.05, 0.1) is 5.69 Å². The van der Waals surface area contributed by atoms with E-state index in [1.807, 2.05) is 20.8 Å². The fraction of sp³-hybridized carbons (Fsp3) is 0.611. The Labute approximate surface area is 133 Å². The lowest BCUT2D eigenvalue weighted by Crippen LogP contribution is -2.36. The molecule has 0 radical (unpaired) electrons. The standard InChI is InChI=1S/C18H28N2O2/c1-6-13(2)19-12-15-9-7-8-14-10-11-20(16(14)15)17(21)22-18(3,4)5/h7-9,13,19H,6,10-12H2,1-5H3. The van der Waals surface area contributed by atoms with Gasteiger partial charge in [0.1, 0.15) is 5.60 Å². The van der Waals surface area contributed by atoms with Gasteiger partial charge in [-0.05, 0) is 51.7 Å². The quantitative estimate of drug-likeness (QED) is 0.918. The third kappa shape index (κ3) is 4.01. The van der Waals surface area contributed by atoms with Crippen LogP contribution in [0.2, 0.25) is 0 Å². The number of para-hydroxylation sites is 1. The second kappa shape index (κ2) is 6.69. The maximum absolute atomic E-state index is 12.5. The minimum absolute atomic E-state index is 0.248. The summed E-state index contributed by atoms with van der Waals surface area (Å²) < 4.78 is 5.55. The molecule has 0 saturated heterocycles. The number of nitrogens with zero attached hydrogens (tertiary/aromatic N) is 1. The molecule has 0 bridgehead atoms. The molecule has 1 aromatic carbocycles. The van der Waals surface area contributed by atoms with Crippen LogP contribution < -0.4 is 10.2 Å². The summed E-state index contributed by atoms with van der Waals surface area (Å²) in [5, 5.41) is 3.51. The highest BCUT2D eigenvalue weighted by molar-refractivity contribution is 5.91. The summed E-state index contributed by atoms with van der Waals surface area (Å²) in [6.07, 6.45) is 1.73. The SMILES string of the molecule is CCC(C)NCc1cccc2c1N(C(=O)OC(C)(C)C)CC2. The first-order valence-electron chi connectivity index (χ1n) is 8.16. The second-order valence-corrected chi connectivity index (χ2v) is 7.00. The molecule has 1 atom stereocenters. The van der Waals surface area contributed by atoms with E-state index in [1.54, 1.807) is 4.90 Å². The number of hydrogen-bond donors (Lipinski definition) is 1. The van der Waals surface area contributed by atoms with Crippen molar-refractivity contribution in [1.82, 2.24) is 5.32 Å². The van der Waals surface area contributed by atoms with Crippen molar-refractivity contribution in [2.75, 3.05) is 11.4 Å². The van der Waals surface area contributed by atoms with Gasteiger partial charge in [0.2, 0.25) is 0 Å². The van der Waals surface area contributed by atoms with Crippen LogP contribution in [0.15, 0.2) is 18.2 Å².